The van der Waals surface area contributed by atoms with Crippen molar-refractivity contribution in [1.82, 2.24) is 29.8 Å². The van der Waals surface area contributed by atoms with Gasteiger partial charge in [-0.3, -0.25) is 9.78 Å². The van der Waals surface area contributed by atoms with Gasteiger partial charge in [-0.1, -0.05) is 17.3 Å². The molecule has 1 atom stereocenters. The highest BCUT2D eigenvalue weighted by Gasteiger charge is 2.22. The number of benzene rings is 1. The van der Waals surface area contributed by atoms with E-state index in [-0.39, 0.29) is 17.6 Å². The van der Waals surface area contributed by atoms with Crippen LogP contribution in [0.25, 0.3) is 17.0 Å². The van der Waals surface area contributed by atoms with Gasteiger partial charge in [-0.05, 0) is 36.8 Å². The Morgan fingerprint density at radius 2 is 2.00 bits per heavy atom. The second-order valence-electron chi connectivity index (χ2n) is 6.34. The highest BCUT2D eigenvalue weighted by molar-refractivity contribution is 5.93. The molecule has 140 valence electrons. The zero-order valence-corrected chi connectivity index (χ0v) is 15.4. The van der Waals surface area contributed by atoms with Crippen molar-refractivity contribution in [2.75, 3.05) is 7.05 Å². The van der Waals surface area contributed by atoms with Gasteiger partial charge in [0, 0.05) is 31.1 Å². The van der Waals surface area contributed by atoms with Crippen LogP contribution in [0.3, 0.4) is 0 Å². The van der Waals surface area contributed by atoms with Crippen LogP contribution in [0.2, 0.25) is 0 Å². The van der Waals surface area contributed by atoms with Crippen molar-refractivity contribution in [3.63, 3.8) is 0 Å². The van der Waals surface area contributed by atoms with Gasteiger partial charge in [-0.25, -0.2) is 9.67 Å². The Balaban J connectivity index is 1.50. The summed E-state index contributed by atoms with van der Waals surface area (Å²) in [6.45, 7) is 1.96. The third-order valence-corrected chi connectivity index (χ3v) is 4.64. The van der Waals surface area contributed by atoms with Crippen LogP contribution < -0.4 is 0 Å². The Labute approximate surface area is 161 Å². The first-order valence-electron chi connectivity index (χ1n) is 8.73. The summed E-state index contributed by atoms with van der Waals surface area (Å²) in [5.74, 6) is 0.293. The van der Waals surface area contributed by atoms with Crippen molar-refractivity contribution in [3.8, 4) is 17.0 Å². The average molecular weight is 374 g/mol. The fraction of sp³-hybridized carbons (Fsp3) is 0.150. The number of carbonyl (C=O) groups excluding carboxylic acids is 1. The lowest BCUT2D eigenvalue weighted by Crippen LogP contribution is -2.29. The fourth-order valence-electron chi connectivity index (χ4n) is 2.85. The van der Waals surface area contributed by atoms with Crippen molar-refractivity contribution in [2.24, 2.45) is 0 Å². The van der Waals surface area contributed by atoms with Crippen LogP contribution in [0.4, 0.5) is 0 Å². The van der Waals surface area contributed by atoms with Gasteiger partial charge < -0.3 is 9.42 Å². The summed E-state index contributed by atoms with van der Waals surface area (Å²) in [6, 6.07) is 13.0. The van der Waals surface area contributed by atoms with E-state index >= 15 is 0 Å². The monoisotopic (exact) mass is 374 g/mol. The molecule has 4 rings (SSSR count). The zero-order valence-electron chi connectivity index (χ0n) is 15.4. The van der Waals surface area contributed by atoms with Gasteiger partial charge in [0.25, 0.3) is 5.91 Å². The van der Waals surface area contributed by atoms with Crippen molar-refractivity contribution >= 4 is 5.91 Å². The molecule has 0 bridgehead atoms. The average Bonchev–Trinajstić information content (AvgIpc) is 3.45. The van der Waals surface area contributed by atoms with E-state index in [1.807, 2.05) is 37.3 Å². The lowest BCUT2D eigenvalue weighted by atomic mass is 10.1. The molecule has 1 amide bonds. The molecule has 0 saturated carbocycles. The Morgan fingerprint density at radius 1 is 1.18 bits per heavy atom. The Hall–Kier alpha value is -3.81. The minimum absolute atomic E-state index is 0.143. The molecule has 3 heterocycles. The maximum atomic E-state index is 12.8. The van der Waals surface area contributed by atoms with E-state index in [2.05, 4.69) is 20.2 Å². The van der Waals surface area contributed by atoms with Crippen molar-refractivity contribution in [2.45, 2.75) is 13.0 Å². The first-order valence-corrected chi connectivity index (χ1v) is 8.73. The molecule has 1 unspecified atom stereocenters. The van der Waals surface area contributed by atoms with Crippen LogP contribution >= 0.6 is 0 Å². The van der Waals surface area contributed by atoms with Gasteiger partial charge in [0.1, 0.15) is 12.7 Å². The number of nitrogens with zero attached hydrogens (tertiary/aromatic N) is 6. The SMILES string of the molecule is CC(c1ccc(-n2cncn2)cc1)N(C)C(=O)c1cc(-c2cccnc2)on1. The normalized spacial score (nSPS) is 11.9. The van der Waals surface area contributed by atoms with Crippen LogP contribution in [0.15, 0.2) is 72.0 Å². The quantitative estimate of drug-likeness (QED) is 0.533. The minimum atomic E-state index is -0.216. The third kappa shape index (κ3) is 3.39. The first-order chi connectivity index (χ1) is 13.6. The fourth-order valence-corrected chi connectivity index (χ4v) is 2.85. The smallest absolute Gasteiger partial charge is 0.276 e. The molecule has 28 heavy (non-hydrogen) atoms. The molecule has 8 nitrogen and oxygen atoms in total. The zero-order chi connectivity index (χ0) is 19.5. The molecule has 8 heteroatoms. The predicted octanol–water partition coefficient (Wildman–Crippen LogP) is 3.15. The summed E-state index contributed by atoms with van der Waals surface area (Å²) in [5, 5.41) is 8.03. The molecule has 0 N–H and O–H groups in total. The Morgan fingerprint density at radius 3 is 2.68 bits per heavy atom. The van der Waals surface area contributed by atoms with Gasteiger partial charge in [-0.15, -0.1) is 0 Å². The summed E-state index contributed by atoms with van der Waals surface area (Å²) in [6.07, 6.45) is 6.46. The van der Waals surface area contributed by atoms with E-state index in [0.717, 1.165) is 16.8 Å². The van der Waals surface area contributed by atoms with Gasteiger partial charge in [0.15, 0.2) is 11.5 Å². The molecule has 4 aromatic rings. The van der Waals surface area contributed by atoms with Crippen LogP contribution in [-0.4, -0.2) is 42.8 Å². The molecule has 0 aliphatic rings. The second kappa shape index (κ2) is 7.43. The largest absolute Gasteiger partial charge is 0.355 e. The van der Waals surface area contributed by atoms with Gasteiger partial charge >= 0.3 is 0 Å². The number of rotatable bonds is 5. The standard InChI is InChI=1S/C20H18N6O2/c1-14(15-5-7-17(8-6-15)26-13-22-12-23-26)25(2)20(27)18-10-19(28-24-18)16-4-3-9-21-11-16/h3-14H,1-2H3. The number of pyridine rings is 1. The molecule has 0 spiro atoms. The van der Waals surface area contributed by atoms with E-state index in [4.69, 9.17) is 4.52 Å². The van der Waals surface area contributed by atoms with E-state index in [0.29, 0.717) is 5.76 Å². The predicted molar refractivity (Wildman–Crippen MR) is 102 cm³/mol. The third-order valence-electron chi connectivity index (χ3n) is 4.64. The van der Waals surface area contributed by atoms with E-state index in [1.165, 1.54) is 6.33 Å². The number of hydrogen-bond acceptors (Lipinski definition) is 6. The second-order valence-corrected chi connectivity index (χ2v) is 6.34. The van der Waals surface area contributed by atoms with Gasteiger partial charge in [0.05, 0.1) is 11.7 Å². The van der Waals surface area contributed by atoms with E-state index in [1.54, 1.807) is 47.5 Å². The molecule has 3 aromatic heterocycles. The molecule has 1 aromatic carbocycles. The molecule has 0 fully saturated rings. The lowest BCUT2D eigenvalue weighted by molar-refractivity contribution is 0.0732. The number of carbonyl (C=O) groups is 1. The molecular formula is C20H18N6O2. The summed E-state index contributed by atoms with van der Waals surface area (Å²) >= 11 is 0. The van der Waals surface area contributed by atoms with Crippen LogP contribution in [0.5, 0.6) is 0 Å². The maximum absolute atomic E-state index is 12.8. The topological polar surface area (TPSA) is 89.9 Å². The van der Waals surface area contributed by atoms with E-state index < -0.39 is 0 Å². The summed E-state index contributed by atoms with van der Waals surface area (Å²) in [4.78, 5) is 22.5. The van der Waals surface area contributed by atoms with E-state index in [9.17, 15) is 4.79 Å². The van der Waals surface area contributed by atoms with Gasteiger partial charge in [-0.2, -0.15) is 5.10 Å². The Kier molecular flexibility index (Phi) is 4.67. The minimum Gasteiger partial charge on any atom is -0.355 e. The van der Waals surface area contributed by atoms with Gasteiger partial charge in [0.2, 0.25) is 0 Å². The van der Waals surface area contributed by atoms with Crippen molar-refractivity contribution in [3.05, 3.63) is 78.8 Å². The molecule has 0 saturated heterocycles. The van der Waals surface area contributed by atoms with Crippen LogP contribution in [-0.2, 0) is 0 Å². The van der Waals surface area contributed by atoms with Crippen molar-refractivity contribution in [1.29, 1.82) is 0 Å². The molecular weight excluding hydrogens is 356 g/mol. The molecule has 0 aliphatic heterocycles. The Bertz CT molecular complexity index is 1060. The highest BCUT2D eigenvalue weighted by Crippen LogP contribution is 2.24. The number of hydrogen-bond donors (Lipinski definition) is 0. The maximum Gasteiger partial charge on any atom is 0.276 e. The number of aromatic nitrogens is 5. The number of amides is 1. The highest BCUT2D eigenvalue weighted by atomic mass is 16.5. The summed E-state index contributed by atoms with van der Waals surface area (Å²) in [7, 11) is 1.75. The molecule has 0 aliphatic carbocycles. The lowest BCUT2D eigenvalue weighted by Gasteiger charge is -2.24. The van der Waals surface area contributed by atoms with Crippen LogP contribution in [0, 0.1) is 0 Å². The summed E-state index contributed by atoms with van der Waals surface area (Å²) in [5.41, 5.74) is 2.93. The molecule has 0 radical (unpaired) electrons. The van der Waals surface area contributed by atoms with Crippen LogP contribution in [0.1, 0.15) is 29.0 Å². The first kappa shape index (κ1) is 17.6. The summed E-state index contributed by atoms with van der Waals surface area (Å²) < 4.78 is 6.99. The van der Waals surface area contributed by atoms with Crippen molar-refractivity contribution < 1.29 is 9.32 Å².